The monoisotopic (exact) mass is 337 g/mol. The molecule has 0 fully saturated rings. The molecule has 1 heterocycles. The van der Waals surface area contributed by atoms with E-state index in [1.165, 1.54) is 0 Å². The maximum absolute atomic E-state index is 11.8. The summed E-state index contributed by atoms with van der Waals surface area (Å²) in [6.45, 7) is 1.56. The number of hydrogen-bond acceptors (Lipinski definition) is 4. The van der Waals surface area contributed by atoms with Gasteiger partial charge in [0, 0.05) is 17.1 Å². The van der Waals surface area contributed by atoms with Crippen molar-refractivity contribution in [1.29, 1.82) is 0 Å². The summed E-state index contributed by atoms with van der Waals surface area (Å²) < 4.78 is 4.96. The molecule has 2 rings (SSSR count). The molecule has 0 aliphatic rings. The van der Waals surface area contributed by atoms with E-state index in [0.29, 0.717) is 17.1 Å². The number of thiophene rings is 1. The zero-order chi connectivity index (χ0) is 15.9. The van der Waals surface area contributed by atoms with Crippen molar-refractivity contribution in [3.05, 3.63) is 51.2 Å². The average Bonchev–Trinajstić information content (AvgIpc) is 3.00. The van der Waals surface area contributed by atoms with Crippen LogP contribution in [0.4, 0.5) is 5.69 Å². The molecule has 0 radical (unpaired) electrons. The molecular formula is C16H16ClNO3S. The minimum absolute atomic E-state index is 0.264. The molecule has 22 heavy (non-hydrogen) atoms. The van der Waals surface area contributed by atoms with Crippen LogP contribution in [-0.2, 0) is 20.7 Å². The zero-order valence-corrected chi connectivity index (χ0v) is 13.7. The standard InChI is InChI=1S/C16H16ClNO3S/c1-11-2-4-13(17)8-14(11)18-15(19)9-21-16(20)5-3-12-6-7-22-10-12/h2,4,6-8,10H,3,5,9H2,1H3,(H,18,19). The van der Waals surface area contributed by atoms with E-state index in [1.54, 1.807) is 23.5 Å². The van der Waals surface area contributed by atoms with Gasteiger partial charge in [-0.15, -0.1) is 0 Å². The Balaban J connectivity index is 1.75. The van der Waals surface area contributed by atoms with Crippen LogP contribution < -0.4 is 5.32 Å². The van der Waals surface area contributed by atoms with Crippen LogP contribution >= 0.6 is 22.9 Å². The fourth-order valence-electron chi connectivity index (χ4n) is 1.81. The normalized spacial score (nSPS) is 10.3. The summed E-state index contributed by atoms with van der Waals surface area (Å²) in [5, 5.41) is 7.16. The number of hydrogen-bond donors (Lipinski definition) is 1. The molecular weight excluding hydrogens is 322 g/mol. The lowest BCUT2D eigenvalue weighted by Crippen LogP contribution is -2.21. The van der Waals surface area contributed by atoms with Gasteiger partial charge in [0.15, 0.2) is 6.61 Å². The molecule has 1 aromatic heterocycles. The Morgan fingerprint density at radius 1 is 1.32 bits per heavy atom. The molecule has 0 bridgehead atoms. The minimum Gasteiger partial charge on any atom is -0.456 e. The average molecular weight is 338 g/mol. The van der Waals surface area contributed by atoms with Crippen molar-refractivity contribution in [2.45, 2.75) is 19.8 Å². The molecule has 0 aliphatic heterocycles. The Kier molecular flexibility index (Phi) is 5.98. The fourth-order valence-corrected chi connectivity index (χ4v) is 2.69. The lowest BCUT2D eigenvalue weighted by molar-refractivity contribution is -0.147. The third-order valence-electron chi connectivity index (χ3n) is 3.04. The third kappa shape index (κ3) is 5.16. The molecule has 1 amide bonds. The zero-order valence-electron chi connectivity index (χ0n) is 12.1. The summed E-state index contributed by atoms with van der Waals surface area (Å²) >= 11 is 7.47. The van der Waals surface area contributed by atoms with Gasteiger partial charge in [-0.1, -0.05) is 17.7 Å². The Bertz CT molecular complexity index is 655. The minimum atomic E-state index is -0.385. The van der Waals surface area contributed by atoms with Gasteiger partial charge in [-0.25, -0.2) is 0 Å². The van der Waals surface area contributed by atoms with Crippen molar-refractivity contribution >= 4 is 40.5 Å². The van der Waals surface area contributed by atoms with E-state index in [1.807, 2.05) is 29.8 Å². The maximum atomic E-state index is 11.8. The van der Waals surface area contributed by atoms with E-state index in [4.69, 9.17) is 16.3 Å². The first-order valence-electron chi connectivity index (χ1n) is 6.77. The third-order valence-corrected chi connectivity index (χ3v) is 4.00. The summed E-state index contributed by atoms with van der Waals surface area (Å²) in [5.74, 6) is -0.765. The number of carbonyl (C=O) groups excluding carboxylic acids is 2. The molecule has 0 atom stereocenters. The number of carbonyl (C=O) groups is 2. The van der Waals surface area contributed by atoms with Crippen LogP contribution in [0, 0.1) is 6.92 Å². The van der Waals surface area contributed by atoms with Crippen molar-refractivity contribution in [3.63, 3.8) is 0 Å². The lowest BCUT2D eigenvalue weighted by Gasteiger charge is -2.09. The molecule has 1 N–H and O–H groups in total. The number of esters is 1. The fraction of sp³-hybridized carbons (Fsp3) is 0.250. The largest absolute Gasteiger partial charge is 0.456 e. The van der Waals surface area contributed by atoms with E-state index in [-0.39, 0.29) is 24.9 Å². The Morgan fingerprint density at radius 2 is 2.14 bits per heavy atom. The second-order valence-corrected chi connectivity index (χ2v) is 6.02. The van der Waals surface area contributed by atoms with E-state index < -0.39 is 0 Å². The Labute approximate surface area is 138 Å². The van der Waals surface area contributed by atoms with Crippen LogP contribution in [0.3, 0.4) is 0 Å². The van der Waals surface area contributed by atoms with Gasteiger partial charge < -0.3 is 10.1 Å². The van der Waals surface area contributed by atoms with E-state index in [9.17, 15) is 9.59 Å². The van der Waals surface area contributed by atoms with Crippen molar-refractivity contribution in [3.8, 4) is 0 Å². The maximum Gasteiger partial charge on any atom is 0.306 e. The van der Waals surface area contributed by atoms with Crippen LogP contribution in [-0.4, -0.2) is 18.5 Å². The first-order chi connectivity index (χ1) is 10.5. The predicted octanol–water partition coefficient (Wildman–Crippen LogP) is 3.82. The highest BCUT2D eigenvalue weighted by atomic mass is 35.5. The summed E-state index contributed by atoms with van der Waals surface area (Å²) in [5.41, 5.74) is 2.61. The topological polar surface area (TPSA) is 55.4 Å². The van der Waals surface area contributed by atoms with E-state index in [0.717, 1.165) is 11.1 Å². The van der Waals surface area contributed by atoms with E-state index in [2.05, 4.69) is 5.32 Å². The van der Waals surface area contributed by atoms with Crippen LogP contribution in [0.1, 0.15) is 17.5 Å². The first kappa shape index (κ1) is 16.5. The van der Waals surface area contributed by atoms with Gasteiger partial charge in [-0.2, -0.15) is 11.3 Å². The van der Waals surface area contributed by atoms with Crippen molar-refractivity contribution < 1.29 is 14.3 Å². The van der Waals surface area contributed by atoms with Crippen LogP contribution in [0.25, 0.3) is 0 Å². The summed E-state index contributed by atoms with van der Waals surface area (Å²) in [6, 6.07) is 7.18. The lowest BCUT2D eigenvalue weighted by atomic mass is 10.2. The molecule has 0 saturated carbocycles. The molecule has 0 aliphatic carbocycles. The van der Waals surface area contributed by atoms with Gasteiger partial charge in [0.25, 0.3) is 5.91 Å². The van der Waals surface area contributed by atoms with Crippen LogP contribution in [0.15, 0.2) is 35.0 Å². The van der Waals surface area contributed by atoms with Gasteiger partial charge in [0.05, 0.1) is 0 Å². The molecule has 0 unspecified atom stereocenters. The number of anilines is 1. The molecule has 1 aromatic carbocycles. The number of amides is 1. The summed E-state index contributed by atoms with van der Waals surface area (Å²) in [4.78, 5) is 23.4. The van der Waals surface area contributed by atoms with Crippen molar-refractivity contribution in [2.75, 3.05) is 11.9 Å². The summed E-state index contributed by atoms with van der Waals surface area (Å²) in [7, 11) is 0. The quantitative estimate of drug-likeness (QED) is 0.815. The smallest absolute Gasteiger partial charge is 0.306 e. The second kappa shape index (κ2) is 7.96. The van der Waals surface area contributed by atoms with Gasteiger partial charge in [0.1, 0.15) is 0 Å². The Hall–Kier alpha value is -1.85. The Morgan fingerprint density at radius 3 is 2.86 bits per heavy atom. The van der Waals surface area contributed by atoms with Crippen molar-refractivity contribution in [2.24, 2.45) is 0 Å². The van der Waals surface area contributed by atoms with Crippen LogP contribution in [0.5, 0.6) is 0 Å². The first-order valence-corrected chi connectivity index (χ1v) is 8.09. The van der Waals surface area contributed by atoms with Crippen LogP contribution in [0.2, 0.25) is 5.02 Å². The molecule has 116 valence electrons. The molecule has 0 spiro atoms. The summed E-state index contributed by atoms with van der Waals surface area (Å²) in [6.07, 6.45) is 0.886. The number of halogens is 1. The molecule has 6 heteroatoms. The molecule has 0 saturated heterocycles. The number of nitrogens with one attached hydrogen (secondary N) is 1. The highest BCUT2D eigenvalue weighted by Crippen LogP contribution is 2.20. The van der Waals surface area contributed by atoms with Gasteiger partial charge in [-0.05, 0) is 53.4 Å². The molecule has 4 nitrogen and oxygen atoms in total. The number of ether oxygens (including phenoxy) is 1. The number of aryl methyl sites for hydroxylation is 2. The van der Waals surface area contributed by atoms with E-state index >= 15 is 0 Å². The van der Waals surface area contributed by atoms with Gasteiger partial charge in [0.2, 0.25) is 0 Å². The SMILES string of the molecule is Cc1ccc(Cl)cc1NC(=O)COC(=O)CCc1ccsc1. The van der Waals surface area contributed by atoms with Gasteiger partial charge >= 0.3 is 5.97 Å². The highest BCUT2D eigenvalue weighted by molar-refractivity contribution is 7.07. The van der Waals surface area contributed by atoms with Crippen molar-refractivity contribution in [1.82, 2.24) is 0 Å². The molecule has 2 aromatic rings. The van der Waals surface area contributed by atoms with Gasteiger partial charge in [-0.3, -0.25) is 9.59 Å². The number of benzene rings is 1. The predicted molar refractivity (Wildman–Crippen MR) is 88.4 cm³/mol. The highest BCUT2D eigenvalue weighted by Gasteiger charge is 2.09. The number of rotatable bonds is 6. The second-order valence-electron chi connectivity index (χ2n) is 4.80.